The molecule has 1 amide bonds. The zero-order valence-corrected chi connectivity index (χ0v) is 15.6. The van der Waals surface area contributed by atoms with Gasteiger partial charge in [0.1, 0.15) is 5.69 Å². The highest BCUT2D eigenvalue weighted by Crippen LogP contribution is 2.27. The van der Waals surface area contributed by atoms with E-state index in [0.717, 1.165) is 50.0 Å². The van der Waals surface area contributed by atoms with Gasteiger partial charge in [0, 0.05) is 36.1 Å². The van der Waals surface area contributed by atoms with Crippen LogP contribution in [0.2, 0.25) is 5.02 Å². The second-order valence-corrected chi connectivity index (χ2v) is 7.06. The summed E-state index contributed by atoms with van der Waals surface area (Å²) in [7, 11) is 0. The molecular weight excluding hydrogens is 362 g/mol. The fourth-order valence-electron chi connectivity index (χ4n) is 3.37. The summed E-state index contributed by atoms with van der Waals surface area (Å²) in [6.07, 6.45) is 7.81. The Kier molecular flexibility index (Phi) is 5.16. The van der Waals surface area contributed by atoms with Gasteiger partial charge in [-0.15, -0.1) is 5.10 Å². The summed E-state index contributed by atoms with van der Waals surface area (Å²) in [4.78, 5) is 19.3. The Morgan fingerprint density at radius 1 is 1.00 bits per heavy atom. The molecule has 1 aliphatic heterocycles. The minimum absolute atomic E-state index is 0.0732. The number of pyridine rings is 1. The summed E-state index contributed by atoms with van der Waals surface area (Å²) >= 11 is 6.01. The molecule has 3 heterocycles. The smallest absolute Gasteiger partial charge is 0.276 e. The fourth-order valence-corrected chi connectivity index (χ4v) is 3.50. The van der Waals surface area contributed by atoms with Crippen LogP contribution in [0.1, 0.15) is 36.2 Å². The lowest BCUT2D eigenvalue weighted by Crippen LogP contribution is -2.32. The molecule has 0 unspecified atom stereocenters. The van der Waals surface area contributed by atoms with Gasteiger partial charge in [-0.3, -0.25) is 9.78 Å². The van der Waals surface area contributed by atoms with Crippen LogP contribution in [0, 0.1) is 0 Å². The topological polar surface area (TPSA) is 63.9 Å². The Balaban J connectivity index is 1.80. The second kappa shape index (κ2) is 7.88. The lowest BCUT2D eigenvalue weighted by molar-refractivity contribution is 0.0756. The molecule has 138 valence electrons. The zero-order chi connectivity index (χ0) is 18.6. The van der Waals surface area contributed by atoms with E-state index in [0.29, 0.717) is 16.4 Å². The minimum Gasteiger partial charge on any atom is -0.337 e. The van der Waals surface area contributed by atoms with Crippen molar-refractivity contribution in [2.45, 2.75) is 25.7 Å². The van der Waals surface area contributed by atoms with Crippen molar-refractivity contribution in [3.8, 4) is 16.9 Å². The number of nitrogens with zero attached hydrogens (tertiary/aromatic N) is 5. The molecule has 0 N–H and O–H groups in total. The molecule has 7 heteroatoms. The number of amides is 1. The summed E-state index contributed by atoms with van der Waals surface area (Å²) < 4.78 is 1.68. The van der Waals surface area contributed by atoms with Gasteiger partial charge in [-0.2, -0.15) is 0 Å². The molecule has 1 aliphatic rings. The van der Waals surface area contributed by atoms with Gasteiger partial charge in [-0.05, 0) is 49.2 Å². The number of carbonyl (C=O) groups is 1. The van der Waals surface area contributed by atoms with E-state index in [1.165, 1.54) is 0 Å². The van der Waals surface area contributed by atoms with Gasteiger partial charge in [0.05, 0.1) is 5.69 Å². The van der Waals surface area contributed by atoms with E-state index >= 15 is 0 Å². The predicted octanol–water partition coefficient (Wildman–Crippen LogP) is 4.00. The highest BCUT2D eigenvalue weighted by atomic mass is 35.5. The SMILES string of the molecule is O=C(c1nnn(-c2ccc(Cl)cc2)c1-c1cccnc1)N1CCCCCC1. The fraction of sp³-hybridized carbons (Fsp3) is 0.300. The molecule has 1 fully saturated rings. The maximum atomic E-state index is 13.2. The van der Waals surface area contributed by atoms with Crippen LogP contribution in [0.5, 0.6) is 0 Å². The Bertz CT molecular complexity index is 915. The van der Waals surface area contributed by atoms with Crippen molar-refractivity contribution < 1.29 is 4.79 Å². The first kappa shape index (κ1) is 17.7. The van der Waals surface area contributed by atoms with E-state index < -0.39 is 0 Å². The van der Waals surface area contributed by atoms with Crippen molar-refractivity contribution >= 4 is 17.5 Å². The Labute approximate surface area is 162 Å². The van der Waals surface area contributed by atoms with E-state index in [9.17, 15) is 4.79 Å². The van der Waals surface area contributed by atoms with Crippen LogP contribution in [0.3, 0.4) is 0 Å². The lowest BCUT2D eigenvalue weighted by atomic mass is 10.1. The molecule has 3 aromatic rings. The molecule has 0 spiro atoms. The van der Waals surface area contributed by atoms with Crippen molar-refractivity contribution in [2.75, 3.05) is 13.1 Å². The Morgan fingerprint density at radius 3 is 2.41 bits per heavy atom. The number of benzene rings is 1. The monoisotopic (exact) mass is 381 g/mol. The van der Waals surface area contributed by atoms with Gasteiger partial charge in [0.25, 0.3) is 5.91 Å². The van der Waals surface area contributed by atoms with Crippen LogP contribution >= 0.6 is 11.6 Å². The minimum atomic E-state index is -0.0732. The maximum absolute atomic E-state index is 13.2. The summed E-state index contributed by atoms with van der Waals surface area (Å²) in [6.45, 7) is 1.53. The molecule has 0 aliphatic carbocycles. The largest absolute Gasteiger partial charge is 0.337 e. The van der Waals surface area contributed by atoms with E-state index in [-0.39, 0.29) is 5.91 Å². The number of carbonyl (C=O) groups excluding carboxylic acids is 1. The highest BCUT2D eigenvalue weighted by Gasteiger charge is 2.26. The van der Waals surface area contributed by atoms with E-state index in [2.05, 4.69) is 15.3 Å². The van der Waals surface area contributed by atoms with Crippen molar-refractivity contribution in [2.24, 2.45) is 0 Å². The number of hydrogen-bond acceptors (Lipinski definition) is 4. The van der Waals surface area contributed by atoms with Crippen molar-refractivity contribution in [1.82, 2.24) is 24.9 Å². The van der Waals surface area contributed by atoms with Crippen LogP contribution in [0.4, 0.5) is 0 Å². The number of aromatic nitrogens is 4. The third kappa shape index (κ3) is 3.71. The zero-order valence-electron chi connectivity index (χ0n) is 14.9. The van der Waals surface area contributed by atoms with Gasteiger partial charge in [0.15, 0.2) is 5.69 Å². The normalized spacial score (nSPS) is 14.8. The summed E-state index contributed by atoms with van der Waals surface area (Å²) in [5.74, 6) is -0.0732. The number of rotatable bonds is 3. The number of halogens is 1. The summed E-state index contributed by atoms with van der Waals surface area (Å²) in [5.41, 5.74) is 2.61. The molecule has 27 heavy (non-hydrogen) atoms. The predicted molar refractivity (Wildman–Crippen MR) is 104 cm³/mol. The van der Waals surface area contributed by atoms with Crippen LogP contribution in [0.25, 0.3) is 16.9 Å². The van der Waals surface area contributed by atoms with Crippen LogP contribution in [0.15, 0.2) is 48.8 Å². The average Bonchev–Trinajstić information content (AvgIpc) is 2.96. The molecule has 0 atom stereocenters. The molecule has 0 radical (unpaired) electrons. The molecular formula is C20H20ClN5O. The van der Waals surface area contributed by atoms with E-state index in [1.54, 1.807) is 29.2 Å². The Morgan fingerprint density at radius 2 is 1.74 bits per heavy atom. The van der Waals surface area contributed by atoms with Gasteiger partial charge < -0.3 is 4.90 Å². The number of hydrogen-bond donors (Lipinski definition) is 0. The van der Waals surface area contributed by atoms with Crippen LogP contribution < -0.4 is 0 Å². The Hall–Kier alpha value is -2.73. The van der Waals surface area contributed by atoms with Gasteiger partial charge >= 0.3 is 0 Å². The first-order valence-electron chi connectivity index (χ1n) is 9.15. The molecule has 0 saturated carbocycles. The van der Waals surface area contributed by atoms with Crippen molar-refractivity contribution in [1.29, 1.82) is 0 Å². The maximum Gasteiger partial charge on any atom is 0.276 e. The van der Waals surface area contributed by atoms with Gasteiger partial charge in [-0.1, -0.05) is 29.7 Å². The van der Waals surface area contributed by atoms with Crippen molar-refractivity contribution in [3.63, 3.8) is 0 Å². The highest BCUT2D eigenvalue weighted by molar-refractivity contribution is 6.30. The van der Waals surface area contributed by atoms with Crippen LogP contribution in [-0.4, -0.2) is 43.9 Å². The number of likely N-dealkylation sites (tertiary alicyclic amines) is 1. The second-order valence-electron chi connectivity index (χ2n) is 6.62. The first-order chi connectivity index (χ1) is 13.2. The molecule has 0 bridgehead atoms. The third-order valence-electron chi connectivity index (χ3n) is 4.77. The summed E-state index contributed by atoms with van der Waals surface area (Å²) in [5, 5.41) is 9.18. The first-order valence-corrected chi connectivity index (χ1v) is 9.53. The average molecular weight is 382 g/mol. The standard InChI is InChI=1S/C20H20ClN5O/c21-16-7-9-17(10-8-16)26-19(15-6-5-11-22-14-15)18(23-24-26)20(27)25-12-3-1-2-4-13-25/h5-11,14H,1-4,12-13H2. The van der Waals surface area contributed by atoms with Crippen LogP contribution in [-0.2, 0) is 0 Å². The van der Waals surface area contributed by atoms with Gasteiger partial charge in [0.2, 0.25) is 0 Å². The van der Waals surface area contributed by atoms with E-state index in [1.807, 2.05) is 29.2 Å². The van der Waals surface area contributed by atoms with Crippen molar-refractivity contribution in [3.05, 3.63) is 59.5 Å². The third-order valence-corrected chi connectivity index (χ3v) is 5.02. The lowest BCUT2D eigenvalue weighted by Gasteiger charge is -2.19. The van der Waals surface area contributed by atoms with Gasteiger partial charge in [-0.25, -0.2) is 4.68 Å². The molecule has 6 nitrogen and oxygen atoms in total. The molecule has 1 aromatic carbocycles. The quantitative estimate of drug-likeness (QED) is 0.687. The van der Waals surface area contributed by atoms with E-state index in [4.69, 9.17) is 11.6 Å². The molecule has 2 aromatic heterocycles. The molecule has 4 rings (SSSR count). The summed E-state index contributed by atoms with van der Waals surface area (Å²) in [6, 6.07) is 11.1. The molecule has 1 saturated heterocycles.